The number of imide groups is 1. The number of carbonyl (C=O) groups is 4. The van der Waals surface area contributed by atoms with Crippen molar-refractivity contribution in [2.45, 2.75) is 37.5 Å². The van der Waals surface area contributed by atoms with Crippen molar-refractivity contribution in [2.24, 2.45) is 0 Å². The number of nitrogens with one attached hydrogen (secondary N) is 1. The second kappa shape index (κ2) is 9.03. The highest BCUT2D eigenvalue weighted by Crippen LogP contribution is 2.42. The third-order valence-corrected chi connectivity index (χ3v) is 9.04. The van der Waals surface area contributed by atoms with Crippen LogP contribution in [0.1, 0.15) is 90.3 Å². The lowest BCUT2D eigenvalue weighted by molar-refractivity contribution is 0.0843. The highest BCUT2D eigenvalue weighted by Gasteiger charge is 2.43. The molecular weight excluding hydrogens is 546 g/mol. The minimum absolute atomic E-state index is 0.114. The molecule has 210 valence electrons. The molecule has 4 aromatic carbocycles. The smallest absolute Gasteiger partial charge is 0.265 e. The van der Waals surface area contributed by atoms with Gasteiger partial charge in [0.25, 0.3) is 17.4 Å². The number of ketones is 2. The molecule has 2 amide bonds. The summed E-state index contributed by atoms with van der Waals surface area (Å²) in [6.45, 7) is 0. The molecule has 2 heterocycles. The number of aromatic hydroxyl groups is 1. The van der Waals surface area contributed by atoms with E-state index in [1.807, 2.05) is 12.1 Å². The average Bonchev–Trinajstić information content (AvgIpc) is 3.55. The molecule has 0 radical (unpaired) electrons. The highest BCUT2D eigenvalue weighted by atomic mass is 16.3. The van der Waals surface area contributed by atoms with Crippen LogP contribution in [0.25, 0.3) is 21.7 Å². The Labute approximate surface area is 243 Å². The number of benzene rings is 4. The molecule has 1 aliphatic heterocycles. The summed E-state index contributed by atoms with van der Waals surface area (Å²) in [6, 6.07) is 17.6. The van der Waals surface area contributed by atoms with E-state index in [0.29, 0.717) is 11.6 Å². The van der Waals surface area contributed by atoms with E-state index >= 15 is 0 Å². The Balaban J connectivity index is 1.22. The Bertz CT molecular complexity index is 2090. The van der Waals surface area contributed by atoms with Crippen molar-refractivity contribution in [2.75, 3.05) is 4.90 Å². The van der Waals surface area contributed by atoms with Gasteiger partial charge in [-0.3, -0.25) is 24.0 Å². The molecule has 1 fully saturated rings. The fraction of sp³-hybridized carbons (Fsp3) is 0.176. The second-order valence-corrected chi connectivity index (χ2v) is 11.4. The maximum absolute atomic E-state index is 13.8. The van der Waals surface area contributed by atoms with Crippen LogP contribution in [0.5, 0.6) is 5.75 Å². The van der Waals surface area contributed by atoms with Gasteiger partial charge in [0.2, 0.25) is 0 Å². The van der Waals surface area contributed by atoms with E-state index in [1.54, 1.807) is 12.1 Å². The van der Waals surface area contributed by atoms with Gasteiger partial charge in [-0.1, -0.05) is 25.0 Å². The summed E-state index contributed by atoms with van der Waals surface area (Å²) in [6.07, 6.45) is 4.68. The van der Waals surface area contributed by atoms with Gasteiger partial charge in [-0.05, 0) is 78.9 Å². The molecule has 43 heavy (non-hydrogen) atoms. The largest absolute Gasteiger partial charge is 0.508 e. The van der Waals surface area contributed by atoms with Crippen LogP contribution in [0.3, 0.4) is 0 Å². The number of aromatic nitrogens is 2. The summed E-state index contributed by atoms with van der Waals surface area (Å²) in [5.41, 5.74) is 2.08. The van der Waals surface area contributed by atoms with Gasteiger partial charge in [0.1, 0.15) is 17.5 Å². The molecule has 2 aliphatic carbocycles. The first-order chi connectivity index (χ1) is 20.8. The summed E-state index contributed by atoms with van der Waals surface area (Å²) in [5.74, 6) is -3.39. The Morgan fingerprint density at radius 2 is 1.30 bits per heavy atom. The second-order valence-electron chi connectivity index (χ2n) is 11.4. The van der Waals surface area contributed by atoms with Gasteiger partial charge < -0.3 is 10.1 Å². The lowest BCUT2D eigenvalue weighted by atomic mass is 9.76. The molecule has 0 bridgehead atoms. The molecule has 1 saturated carbocycles. The number of nitrogens with zero attached hydrogens (tertiary/aromatic N) is 2. The fourth-order valence-corrected chi connectivity index (χ4v) is 6.94. The van der Waals surface area contributed by atoms with Gasteiger partial charge in [-0.15, -0.1) is 0 Å². The number of rotatable bonds is 3. The number of H-pyrrole nitrogens is 1. The minimum atomic E-state index is -1.41. The molecule has 2 N–H and O–H groups in total. The number of aromatic amines is 1. The van der Waals surface area contributed by atoms with Gasteiger partial charge in [0, 0.05) is 33.0 Å². The van der Waals surface area contributed by atoms with E-state index in [1.165, 1.54) is 60.9 Å². The molecule has 3 aliphatic rings. The van der Waals surface area contributed by atoms with Crippen LogP contribution in [0.4, 0.5) is 5.69 Å². The maximum Gasteiger partial charge on any atom is 0.265 e. The maximum atomic E-state index is 13.8. The minimum Gasteiger partial charge on any atom is -0.508 e. The van der Waals surface area contributed by atoms with Crippen molar-refractivity contribution in [1.29, 1.82) is 0 Å². The monoisotopic (exact) mass is 569 g/mol. The molecule has 0 spiro atoms. The number of carbonyl (C=O) groups excluding carboxylic acids is 4. The standard InChI is InChI=1S/C34H23N3O6/c38-19-9-14-25-24(15-19)32(41)36-31(35-25)28-29(39)20-10-12-22-27-23(13-11-21(26(20)27)30(28)40)34(43)37(33(22)42)18-7-5-17(6-8-18)16-3-1-2-4-16/h5-16,28,38H,1-4H2,(H,35,36,41). The van der Waals surface area contributed by atoms with E-state index in [2.05, 4.69) is 9.97 Å². The quantitative estimate of drug-likeness (QED) is 0.219. The van der Waals surface area contributed by atoms with Crippen molar-refractivity contribution < 1.29 is 24.3 Å². The van der Waals surface area contributed by atoms with E-state index in [-0.39, 0.29) is 55.5 Å². The molecular formula is C34H23N3O6. The lowest BCUT2D eigenvalue weighted by Gasteiger charge is -2.30. The van der Waals surface area contributed by atoms with Gasteiger partial charge in [0.05, 0.1) is 16.6 Å². The summed E-state index contributed by atoms with van der Waals surface area (Å²) in [5, 5.41) is 10.4. The Kier molecular flexibility index (Phi) is 5.31. The Hall–Kier alpha value is -5.44. The predicted octanol–water partition coefficient (Wildman–Crippen LogP) is 5.40. The van der Waals surface area contributed by atoms with E-state index in [0.717, 1.165) is 17.7 Å². The highest BCUT2D eigenvalue weighted by molar-refractivity contribution is 6.40. The van der Waals surface area contributed by atoms with Crippen LogP contribution in [-0.2, 0) is 0 Å². The van der Waals surface area contributed by atoms with Crippen molar-refractivity contribution in [3.05, 3.63) is 111 Å². The number of anilines is 1. The zero-order chi connectivity index (χ0) is 29.6. The summed E-state index contributed by atoms with van der Waals surface area (Å²) in [7, 11) is 0. The van der Waals surface area contributed by atoms with Crippen molar-refractivity contribution in [3.63, 3.8) is 0 Å². The van der Waals surface area contributed by atoms with Crippen molar-refractivity contribution >= 4 is 50.7 Å². The number of hydrogen-bond donors (Lipinski definition) is 2. The molecule has 9 nitrogen and oxygen atoms in total. The van der Waals surface area contributed by atoms with Gasteiger partial charge in [0.15, 0.2) is 11.6 Å². The number of phenolic OH excluding ortho intramolecular Hbond substituents is 1. The third-order valence-electron chi connectivity index (χ3n) is 9.04. The van der Waals surface area contributed by atoms with Gasteiger partial charge >= 0.3 is 0 Å². The Morgan fingerprint density at radius 3 is 1.93 bits per heavy atom. The summed E-state index contributed by atoms with van der Waals surface area (Å²) in [4.78, 5) is 76.1. The van der Waals surface area contributed by atoms with E-state index in [4.69, 9.17) is 0 Å². The van der Waals surface area contributed by atoms with Gasteiger partial charge in [-0.2, -0.15) is 0 Å². The molecule has 1 aromatic heterocycles. The summed E-state index contributed by atoms with van der Waals surface area (Å²) < 4.78 is 0. The normalized spacial score (nSPS) is 17.1. The fourth-order valence-electron chi connectivity index (χ4n) is 6.94. The molecule has 0 atom stereocenters. The first-order valence-electron chi connectivity index (χ1n) is 14.2. The number of hydrogen-bond acceptors (Lipinski definition) is 7. The van der Waals surface area contributed by atoms with Crippen LogP contribution < -0.4 is 10.5 Å². The zero-order valence-electron chi connectivity index (χ0n) is 22.7. The lowest BCUT2D eigenvalue weighted by Crippen LogP contribution is -2.41. The number of phenols is 1. The van der Waals surface area contributed by atoms with Gasteiger partial charge in [-0.25, -0.2) is 9.88 Å². The summed E-state index contributed by atoms with van der Waals surface area (Å²) >= 11 is 0. The number of amides is 2. The first kappa shape index (κ1) is 25.3. The molecule has 0 unspecified atom stereocenters. The zero-order valence-corrected chi connectivity index (χ0v) is 22.7. The van der Waals surface area contributed by atoms with E-state index < -0.39 is 34.9 Å². The van der Waals surface area contributed by atoms with Crippen LogP contribution in [0.2, 0.25) is 0 Å². The first-order valence-corrected chi connectivity index (χ1v) is 14.2. The van der Waals surface area contributed by atoms with Crippen molar-refractivity contribution in [3.8, 4) is 5.75 Å². The van der Waals surface area contributed by atoms with Crippen LogP contribution in [0.15, 0.2) is 71.5 Å². The molecule has 9 heteroatoms. The molecule has 5 aromatic rings. The topological polar surface area (TPSA) is 138 Å². The van der Waals surface area contributed by atoms with Crippen molar-refractivity contribution in [1.82, 2.24) is 9.97 Å². The van der Waals surface area contributed by atoms with E-state index in [9.17, 15) is 29.1 Å². The number of Topliss-reactive ketones (excluding diaryl/α,β-unsaturated/α-hetero) is 2. The SMILES string of the molecule is O=C1c2ccc3c4c(ccc(c24)C(=O)C1c1nc2ccc(O)cc2c(=O)[nH]1)C(=O)N(c1ccc(C2CCCC2)cc1)C3=O. The predicted molar refractivity (Wildman–Crippen MR) is 158 cm³/mol. The van der Waals surface area contributed by atoms with Crippen LogP contribution in [0, 0.1) is 0 Å². The third kappa shape index (κ3) is 3.57. The molecule has 0 saturated heterocycles. The number of fused-ring (bicyclic) bond motifs is 1. The van der Waals surface area contributed by atoms with Crippen LogP contribution >= 0.6 is 0 Å². The van der Waals surface area contributed by atoms with Crippen LogP contribution in [-0.4, -0.2) is 38.5 Å². The Morgan fingerprint density at radius 1 is 0.721 bits per heavy atom. The molecule has 8 rings (SSSR count). The average molecular weight is 570 g/mol.